The Balaban J connectivity index is 2.23. The number of piperazine rings is 1. The third kappa shape index (κ3) is 2.61. The Morgan fingerprint density at radius 1 is 1.42 bits per heavy atom. The van der Waals surface area contributed by atoms with Crippen molar-refractivity contribution in [2.75, 3.05) is 13.2 Å². The van der Waals surface area contributed by atoms with Crippen LogP contribution >= 0.6 is 0 Å². The van der Waals surface area contributed by atoms with Crippen LogP contribution in [-0.4, -0.2) is 48.1 Å². The average molecular weight is 268 g/mol. The van der Waals surface area contributed by atoms with E-state index in [0.717, 1.165) is 12.8 Å². The van der Waals surface area contributed by atoms with Crippen LogP contribution in [0.3, 0.4) is 0 Å². The SMILES string of the molecule is CCC(C)C1NC(=O)C(CC)N(C2CCOC2)C1=O. The number of carbonyl (C=O) groups is 2. The quantitative estimate of drug-likeness (QED) is 0.825. The molecule has 0 aliphatic carbocycles. The molecule has 2 rings (SSSR count). The molecule has 2 heterocycles. The highest BCUT2D eigenvalue weighted by Gasteiger charge is 2.45. The molecular weight excluding hydrogens is 244 g/mol. The molecule has 0 aromatic rings. The second kappa shape index (κ2) is 5.90. The van der Waals surface area contributed by atoms with Crippen LogP contribution < -0.4 is 5.32 Å². The molecule has 2 amide bonds. The van der Waals surface area contributed by atoms with Crippen molar-refractivity contribution in [2.24, 2.45) is 5.92 Å². The summed E-state index contributed by atoms with van der Waals surface area (Å²) in [6.45, 7) is 7.24. The molecule has 19 heavy (non-hydrogen) atoms. The van der Waals surface area contributed by atoms with Crippen LogP contribution in [-0.2, 0) is 14.3 Å². The topological polar surface area (TPSA) is 58.6 Å². The third-order valence-electron chi connectivity index (χ3n) is 4.36. The smallest absolute Gasteiger partial charge is 0.246 e. The van der Waals surface area contributed by atoms with Crippen molar-refractivity contribution < 1.29 is 14.3 Å². The van der Waals surface area contributed by atoms with Gasteiger partial charge in [-0.2, -0.15) is 0 Å². The van der Waals surface area contributed by atoms with E-state index in [1.54, 1.807) is 4.90 Å². The van der Waals surface area contributed by atoms with Crippen LogP contribution in [0.25, 0.3) is 0 Å². The van der Waals surface area contributed by atoms with Crippen molar-refractivity contribution >= 4 is 11.8 Å². The molecule has 0 aromatic heterocycles. The molecule has 0 radical (unpaired) electrons. The minimum absolute atomic E-state index is 0.0145. The number of amides is 2. The normalized spacial score (nSPS) is 33.4. The minimum Gasteiger partial charge on any atom is -0.379 e. The van der Waals surface area contributed by atoms with Crippen molar-refractivity contribution in [2.45, 2.75) is 58.2 Å². The summed E-state index contributed by atoms with van der Waals surface area (Å²) in [5, 5.41) is 2.90. The van der Waals surface area contributed by atoms with E-state index in [4.69, 9.17) is 4.74 Å². The molecule has 2 aliphatic heterocycles. The zero-order chi connectivity index (χ0) is 14.0. The number of nitrogens with zero attached hydrogens (tertiary/aromatic N) is 1. The second-order valence-corrected chi connectivity index (χ2v) is 5.56. The highest BCUT2D eigenvalue weighted by molar-refractivity contribution is 5.97. The summed E-state index contributed by atoms with van der Waals surface area (Å²) in [7, 11) is 0. The Kier molecular flexibility index (Phi) is 4.45. The number of carbonyl (C=O) groups excluding carboxylic acids is 2. The number of ether oxygens (including phenoxy) is 1. The van der Waals surface area contributed by atoms with Gasteiger partial charge < -0.3 is 15.0 Å². The van der Waals surface area contributed by atoms with Crippen LogP contribution in [0, 0.1) is 5.92 Å². The maximum atomic E-state index is 12.7. The Hall–Kier alpha value is -1.10. The average Bonchev–Trinajstić information content (AvgIpc) is 2.93. The summed E-state index contributed by atoms with van der Waals surface area (Å²) >= 11 is 0. The van der Waals surface area contributed by atoms with Crippen LogP contribution in [0.2, 0.25) is 0 Å². The summed E-state index contributed by atoms with van der Waals surface area (Å²) in [6.07, 6.45) is 2.37. The maximum absolute atomic E-state index is 12.7. The van der Waals surface area contributed by atoms with Gasteiger partial charge in [-0.15, -0.1) is 0 Å². The van der Waals surface area contributed by atoms with Gasteiger partial charge in [0.1, 0.15) is 12.1 Å². The molecule has 108 valence electrons. The fourth-order valence-corrected chi connectivity index (χ4v) is 2.93. The first-order chi connectivity index (χ1) is 9.10. The predicted octanol–water partition coefficient (Wildman–Crippen LogP) is 0.927. The first-order valence-electron chi connectivity index (χ1n) is 7.30. The summed E-state index contributed by atoms with van der Waals surface area (Å²) in [5.41, 5.74) is 0. The lowest BCUT2D eigenvalue weighted by Gasteiger charge is -2.43. The van der Waals surface area contributed by atoms with Gasteiger partial charge in [0.15, 0.2) is 0 Å². The van der Waals surface area contributed by atoms with E-state index in [2.05, 4.69) is 5.32 Å². The summed E-state index contributed by atoms with van der Waals surface area (Å²) < 4.78 is 5.38. The molecule has 5 nitrogen and oxygen atoms in total. The zero-order valence-electron chi connectivity index (χ0n) is 12.0. The first-order valence-corrected chi connectivity index (χ1v) is 7.30. The van der Waals surface area contributed by atoms with Crippen molar-refractivity contribution in [1.82, 2.24) is 10.2 Å². The van der Waals surface area contributed by atoms with E-state index in [0.29, 0.717) is 19.6 Å². The van der Waals surface area contributed by atoms with E-state index in [9.17, 15) is 9.59 Å². The second-order valence-electron chi connectivity index (χ2n) is 5.56. The third-order valence-corrected chi connectivity index (χ3v) is 4.36. The molecule has 0 aromatic carbocycles. The zero-order valence-corrected chi connectivity index (χ0v) is 12.0. The van der Waals surface area contributed by atoms with Crippen LogP contribution in [0.5, 0.6) is 0 Å². The van der Waals surface area contributed by atoms with Gasteiger partial charge in [-0.1, -0.05) is 27.2 Å². The Labute approximate surface area is 114 Å². The molecule has 0 bridgehead atoms. The van der Waals surface area contributed by atoms with Gasteiger partial charge in [-0.25, -0.2) is 0 Å². The lowest BCUT2D eigenvalue weighted by molar-refractivity contribution is -0.153. The molecule has 0 saturated carbocycles. The highest BCUT2D eigenvalue weighted by atomic mass is 16.5. The molecule has 4 unspecified atom stereocenters. The fraction of sp³-hybridized carbons (Fsp3) is 0.857. The van der Waals surface area contributed by atoms with Crippen LogP contribution in [0.4, 0.5) is 0 Å². The van der Waals surface area contributed by atoms with Crippen LogP contribution in [0.1, 0.15) is 40.0 Å². The Morgan fingerprint density at radius 3 is 2.68 bits per heavy atom. The molecule has 2 aliphatic rings. The van der Waals surface area contributed by atoms with Crippen LogP contribution in [0.15, 0.2) is 0 Å². The largest absolute Gasteiger partial charge is 0.379 e. The van der Waals surface area contributed by atoms with Crippen molar-refractivity contribution in [1.29, 1.82) is 0 Å². The lowest BCUT2D eigenvalue weighted by atomic mass is 9.92. The summed E-state index contributed by atoms with van der Waals surface area (Å²) in [6, 6.07) is -0.643. The number of rotatable bonds is 4. The molecule has 2 saturated heterocycles. The van der Waals surface area contributed by atoms with Crippen molar-refractivity contribution in [3.63, 3.8) is 0 Å². The van der Waals surface area contributed by atoms with Crippen molar-refractivity contribution in [3.05, 3.63) is 0 Å². The van der Waals surface area contributed by atoms with Gasteiger partial charge in [0.2, 0.25) is 11.8 Å². The van der Waals surface area contributed by atoms with E-state index in [1.807, 2.05) is 20.8 Å². The van der Waals surface area contributed by atoms with Gasteiger partial charge in [-0.05, 0) is 18.8 Å². The standard InChI is InChI=1S/C14H24N2O3/c1-4-9(3)12-14(18)16(10-6-7-19-8-10)11(5-2)13(17)15-12/h9-12H,4-8H2,1-3H3,(H,15,17). The molecule has 2 fully saturated rings. The van der Waals surface area contributed by atoms with Gasteiger partial charge in [0, 0.05) is 6.61 Å². The number of nitrogens with one attached hydrogen (secondary N) is 1. The maximum Gasteiger partial charge on any atom is 0.246 e. The van der Waals surface area contributed by atoms with E-state index >= 15 is 0 Å². The fourth-order valence-electron chi connectivity index (χ4n) is 2.93. The number of hydrogen-bond donors (Lipinski definition) is 1. The Bertz CT molecular complexity index is 353. The predicted molar refractivity (Wildman–Crippen MR) is 71.5 cm³/mol. The summed E-state index contributed by atoms with van der Waals surface area (Å²) in [4.78, 5) is 26.7. The van der Waals surface area contributed by atoms with E-state index in [1.165, 1.54) is 0 Å². The van der Waals surface area contributed by atoms with Gasteiger partial charge in [-0.3, -0.25) is 9.59 Å². The van der Waals surface area contributed by atoms with Gasteiger partial charge in [0.25, 0.3) is 0 Å². The molecule has 0 spiro atoms. The lowest BCUT2D eigenvalue weighted by Crippen LogP contribution is -2.67. The van der Waals surface area contributed by atoms with E-state index in [-0.39, 0.29) is 35.9 Å². The molecule has 1 N–H and O–H groups in total. The first kappa shape index (κ1) is 14.3. The molecular formula is C14H24N2O3. The molecule has 4 atom stereocenters. The Morgan fingerprint density at radius 2 is 2.16 bits per heavy atom. The monoisotopic (exact) mass is 268 g/mol. The summed E-state index contributed by atoms with van der Waals surface area (Å²) in [5.74, 6) is 0.217. The minimum atomic E-state index is -0.374. The van der Waals surface area contributed by atoms with Gasteiger partial charge >= 0.3 is 0 Å². The number of hydrogen-bond acceptors (Lipinski definition) is 3. The van der Waals surface area contributed by atoms with Gasteiger partial charge in [0.05, 0.1) is 12.6 Å². The molecule has 5 heteroatoms. The van der Waals surface area contributed by atoms with Crippen molar-refractivity contribution in [3.8, 4) is 0 Å². The highest BCUT2D eigenvalue weighted by Crippen LogP contribution is 2.25. The van der Waals surface area contributed by atoms with E-state index < -0.39 is 0 Å².